The Bertz CT molecular complexity index is 909. The quantitative estimate of drug-likeness (QED) is 0.494. The van der Waals surface area contributed by atoms with Gasteiger partial charge in [0.05, 0.1) is 7.11 Å². The van der Waals surface area contributed by atoms with Crippen molar-refractivity contribution in [3.8, 4) is 11.5 Å². The van der Waals surface area contributed by atoms with E-state index in [0.717, 1.165) is 29.5 Å². The average Bonchev–Trinajstić information content (AvgIpc) is 2.79. The van der Waals surface area contributed by atoms with Crippen LogP contribution in [0.25, 0.3) is 0 Å². The summed E-state index contributed by atoms with van der Waals surface area (Å²) in [6.45, 7) is 8.24. The van der Waals surface area contributed by atoms with Crippen LogP contribution in [0.1, 0.15) is 43.4 Å². The van der Waals surface area contributed by atoms with Crippen molar-refractivity contribution in [2.45, 2.75) is 53.1 Å². The fourth-order valence-electron chi connectivity index (χ4n) is 3.30. The van der Waals surface area contributed by atoms with Gasteiger partial charge in [0.2, 0.25) is 5.91 Å². The molecule has 1 N–H and O–H groups in total. The maximum Gasteiger partial charge on any atom is 0.261 e. The van der Waals surface area contributed by atoms with Gasteiger partial charge in [-0.1, -0.05) is 37.1 Å². The van der Waals surface area contributed by atoms with Crippen molar-refractivity contribution in [1.29, 1.82) is 0 Å². The molecule has 2 rings (SSSR count). The van der Waals surface area contributed by atoms with Crippen molar-refractivity contribution < 1.29 is 19.1 Å². The molecule has 32 heavy (non-hydrogen) atoms. The van der Waals surface area contributed by atoms with E-state index >= 15 is 0 Å². The van der Waals surface area contributed by atoms with Crippen LogP contribution in [-0.2, 0) is 16.1 Å². The molecular formula is C25H33ClN2O4. The summed E-state index contributed by atoms with van der Waals surface area (Å²) < 4.78 is 11.1. The smallest absolute Gasteiger partial charge is 0.261 e. The molecule has 2 aromatic rings. The normalized spacial score (nSPS) is 11.6. The van der Waals surface area contributed by atoms with Crippen LogP contribution < -0.4 is 14.8 Å². The molecule has 2 amide bonds. The Morgan fingerprint density at radius 1 is 1.12 bits per heavy atom. The van der Waals surface area contributed by atoms with Crippen molar-refractivity contribution in [2.24, 2.45) is 0 Å². The van der Waals surface area contributed by atoms with E-state index in [2.05, 4.69) is 12.2 Å². The van der Waals surface area contributed by atoms with Crippen molar-refractivity contribution in [1.82, 2.24) is 10.2 Å². The Balaban J connectivity index is 2.17. The topological polar surface area (TPSA) is 67.9 Å². The Morgan fingerprint density at radius 3 is 2.44 bits per heavy atom. The van der Waals surface area contributed by atoms with Gasteiger partial charge in [0, 0.05) is 18.1 Å². The van der Waals surface area contributed by atoms with Gasteiger partial charge in [-0.25, -0.2) is 0 Å². The summed E-state index contributed by atoms with van der Waals surface area (Å²) in [6, 6.07) is 10.4. The zero-order valence-electron chi connectivity index (χ0n) is 19.5. The molecule has 174 valence electrons. The average molecular weight is 461 g/mol. The van der Waals surface area contributed by atoms with Crippen LogP contribution in [-0.4, -0.2) is 43.0 Å². The third-order valence-corrected chi connectivity index (χ3v) is 5.85. The Hall–Kier alpha value is -2.73. The zero-order valence-corrected chi connectivity index (χ0v) is 20.3. The van der Waals surface area contributed by atoms with Crippen LogP contribution in [0.4, 0.5) is 0 Å². The Morgan fingerprint density at radius 2 is 1.81 bits per heavy atom. The second-order valence-electron chi connectivity index (χ2n) is 7.85. The minimum Gasteiger partial charge on any atom is -0.497 e. The molecule has 6 nitrogen and oxygen atoms in total. The lowest BCUT2D eigenvalue weighted by molar-refractivity contribution is -0.142. The number of halogens is 1. The van der Waals surface area contributed by atoms with E-state index < -0.39 is 6.04 Å². The van der Waals surface area contributed by atoms with Crippen LogP contribution in [0, 0.1) is 13.8 Å². The molecule has 2 aromatic carbocycles. The molecule has 0 aliphatic carbocycles. The predicted molar refractivity (Wildman–Crippen MR) is 127 cm³/mol. The Kier molecular flexibility index (Phi) is 9.85. The first-order valence-electron chi connectivity index (χ1n) is 10.9. The second kappa shape index (κ2) is 12.3. The largest absolute Gasteiger partial charge is 0.497 e. The first kappa shape index (κ1) is 25.5. The zero-order chi connectivity index (χ0) is 23.7. The van der Waals surface area contributed by atoms with E-state index in [0.29, 0.717) is 23.1 Å². The number of aryl methyl sites for hydroxylation is 2. The van der Waals surface area contributed by atoms with Gasteiger partial charge in [0.25, 0.3) is 5.91 Å². The Labute approximate surface area is 195 Å². The summed E-state index contributed by atoms with van der Waals surface area (Å²) >= 11 is 6.22. The van der Waals surface area contributed by atoms with Crippen molar-refractivity contribution in [2.75, 3.05) is 20.3 Å². The molecule has 0 heterocycles. The van der Waals surface area contributed by atoms with Crippen LogP contribution >= 0.6 is 11.6 Å². The number of hydrogen-bond acceptors (Lipinski definition) is 4. The SMILES string of the molecule is CCCCNC(=O)[C@@H](C)N(Cc1cccc(OC)c1)C(=O)COc1cc(C)c(Cl)c(C)c1. The molecular weight excluding hydrogens is 428 g/mol. The molecule has 0 unspecified atom stereocenters. The third kappa shape index (κ3) is 7.16. The number of hydrogen-bond donors (Lipinski definition) is 1. The molecule has 0 spiro atoms. The van der Waals surface area contributed by atoms with Crippen LogP contribution in [0.15, 0.2) is 36.4 Å². The second-order valence-corrected chi connectivity index (χ2v) is 8.23. The predicted octanol–water partition coefficient (Wildman–Crippen LogP) is 4.68. The lowest BCUT2D eigenvalue weighted by atomic mass is 10.1. The monoisotopic (exact) mass is 460 g/mol. The van der Waals surface area contributed by atoms with Gasteiger partial charge in [-0.15, -0.1) is 0 Å². The molecule has 0 bridgehead atoms. The number of carbonyl (C=O) groups is 2. The summed E-state index contributed by atoms with van der Waals surface area (Å²) in [7, 11) is 1.59. The molecule has 0 aliphatic rings. The fraction of sp³-hybridized carbons (Fsp3) is 0.440. The minimum absolute atomic E-state index is 0.183. The number of nitrogens with one attached hydrogen (secondary N) is 1. The number of carbonyl (C=O) groups excluding carboxylic acids is 2. The molecule has 7 heteroatoms. The standard InChI is InChI=1S/C25H33ClN2O4/c1-6-7-11-27-25(30)19(4)28(15-20-9-8-10-21(14-20)31-5)23(29)16-32-22-12-17(2)24(26)18(3)13-22/h8-10,12-14,19H,6-7,11,15-16H2,1-5H3,(H,27,30)/t19-/m1/s1. The van der Waals surface area contributed by atoms with Crippen molar-refractivity contribution in [3.63, 3.8) is 0 Å². The number of methoxy groups -OCH3 is 1. The number of benzene rings is 2. The first-order valence-corrected chi connectivity index (χ1v) is 11.2. The highest BCUT2D eigenvalue weighted by molar-refractivity contribution is 6.32. The summed E-state index contributed by atoms with van der Waals surface area (Å²) in [5.41, 5.74) is 2.63. The van der Waals surface area contributed by atoms with Crippen LogP contribution in [0.3, 0.4) is 0 Å². The maximum absolute atomic E-state index is 13.2. The lowest BCUT2D eigenvalue weighted by Crippen LogP contribution is -2.49. The van der Waals surface area contributed by atoms with Crippen LogP contribution in [0.2, 0.25) is 5.02 Å². The van der Waals surface area contributed by atoms with E-state index in [9.17, 15) is 9.59 Å². The van der Waals surface area contributed by atoms with E-state index in [1.807, 2.05) is 38.1 Å². The summed E-state index contributed by atoms with van der Waals surface area (Å²) in [5.74, 6) is 0.793. The molecule has 0 saturated heterocycles. The highest BCUT2D eigenvalue weighted by atomic mass is 35.5. The number of ether oxygens (including phenoxy) is 2. The summed E-state index contributed by atoms with van der Waals surface area (Å²) in [4.78, 5) is 27.4. The first-order chi connectivity index (χ1) is 15.3. The molecule has 0 saturated carbocycles. The maximum atomic E-state index is 13.2. The highest BCUT2D eigenvalue weighted by Crippen LogP contribution is 2.26. The van der Waals surface area contributed by atoms with Crippen molar-refractivity contribution in [3.05, 3.63) is 58.1 Å². The van der Waals surface area contributed by atoms with E-state index in [4.69, 9.17) is 21.1 Å². The van der Waals surface area contributed by atoms with Gasteiger partial charge < -0.3 is 19.7 Å². The van der Waals surface area contributed by atoms with E-state index in [-0.39, 0.29) is 25.0 Å². The molecule has 0 radical (unpaired) electrons. The number of amides is 2. The van der Waals surface area contributed by atoms with Gasteiger partial charge in [-0.05, 0) is 68.1 Å². The van der Waals surface area contributed by atoms with E-state index in [1.54, 1.807) is 26.2 Å². The molecule has 1 atom stereocenters. The molecule has 0 aromatic heterocycles. The van der Waals surface area contributed by atoms with Gasteiger partial charge in [0.1, 0.15) is 17.5 Å². The van der Waals surface area contributed by atoms with Crippen molar-refractivity contribution >= 4 is 23.4 Å². The molecule has 0 aliphatic heterocycles. The number of rotatable bonds is 11. The summed E-state index contributed by atoms with van der Waals surface area (Å²) in [5, 5.41) is 3.59. The van der Waals surface area contributed by atoms with Gasteiger partial charge in [0.15, 0.2) is 6.61 Å². The minimum atomic E-state index is -0.650. The van der Waals surface area contributed by atoms with E-state index in [1.165, 1.54) is 4.90 Å². The number of unbranched alkanes of at least 4 members (excludes halogenated alkanes) is 1. The summed E-state index contributed by atoms with van der Waals surface area (Å²) in [6.07, 6.45) is 1.87. The molecule has 0 fully saturated rings. The van der Waals surface area contributed by atoms with Gasteiger partial charge in [-0.2, -0.15) is 0 Å². The van der Waals surface area contributed by atoms with Gasteiger partial charge in [-0.3, -0.25) is 9.59 Å². The highest BCUT2D eigenvalue weighted by Gasteiger charge is 2.26. The fourth-order valence-corrected chi connectivity index (χ4v) is 3.41. The number of nitrogens with zero attached hydrogens (tertiary/aromatic N) is 1. The third-order valence-electron chi connectivity index (χ3n) is 5.26. The van der Waals surface area contributed by atoms with Crippen LogP contribution in [0.5, 0.6) is 11.5 Å². The van der Waals surface area contributed by atoms with Gasteiger partial charge >= 0.3 is 0 Å². The lowest BCUT2D eigenvalue weighted by Gasteiger charge is -2.29.